The maximum absolute atomic E-state index is 13.3. The van der Waals surface area contributed by atoms with Crippen molar-refractivity contribution >= 4 is 17.4 Å². The van der Waals surface area contributed by atoms with Crippen LogP contribution in [0.5, 0.6) is 11.5 Å². The van der Waals surface area contributed by atoms with Crippen LogP contribution in [-0.4, -0.2) is 28.7 Å². The highest BCUT2D eigenvalue weighted by Crippen LogP contribution is 2.39. The molecule has 1 aliphatic heterocycles. The third-order valence-corrected chi connectivity index (χ3v) is 3.55. The molecule has 3 heterocycles. The van der Waals surface area contributed by atoms with Gasteiger partial charge in [-0.05, 0) is 5.41 Å². The number of pyridine rings is 2. The Balaban J connectivity index is 1.92. The van der Waals surface area contributed by atoms with Crippen molar-refractivity contribution in [1.82, 2.24) is 15.3 Å². The van der Waals surface area contributed by atoms with Gasteiger partial charge in [0.05, 0.1) is 0 Å². The highest BCUT2D eigenvalue weighted by atomic mass is 19.1. The summed E-state index contributed by atoms with van der Waals surface area (Å²) in [6.45, 7) is 8.06. The van der Waals surface area contributed by atoms with Crippen molar-refractivity contribution in [2.45, 2.75) is 34.0 Å². The van der Waals surface area contributed by atoms with Crippen LogP contribution in [0, 0.1) is 17.3 Å². The first kappa shape index (κ1) is 18.8. The Labute approximate surface area is 155 Å². The van der Waals surface area contributed by atoms with Crippen molar-refractivity contribution in [3.8, 4) is 11.5 Å². The molecule has 9 heteroatoms. The molecule has 27 heavy (non-hydrogen) atoms. The molecule has 0 fully saturated rings. The number of hydrogen-bond donors (Lipinski definition) is 2. The van der Waals surface area contributed by atoms with Gasteiger partial charge in [0.1, 0.15) is 5.82 Å². The maximum atomic E-state index is 13.3. The SMILES string of the molecule is CC1Oc2cc(Nc3cc(F)nc(F)c3)nc(C(=O)NCC(C)(C)C)c2O1. The molecule has 1 aliphatic rings. The highest BCUT2D eigenvalue weighted by Gasteiger charge is 2.29. The fourth-order valence-electron chi connectivity index (χ4n) is 2.41. The highest BCUT2D eigenvalue weighted by molar-refractivity contribution is 5.96. The molecule has 0 spiro atoms. The van der Waals surface area contributed by atoms with Gasteiger partial charge < -0.3 is 20.1 Å². The van der Waals surface area contributed by atoms with Crippen molar-refractivity contribution in [2.24, 2.45) is 5.41 Å². The summed E-state index contributed by atoms with van der Waals surface area (Å²) in [4.78, 5) is 19.9. The Bertz CT molecular complexity index is 863. The summed E-state index contributed by atoms with van der Waals surface area (Å²) in [6.07, 6.45) is -0.581. The number of ether oxygens (including phenoxy) is 2. The van der Waals surface area contributed by atoms with E-state index in [4.69, 9.17) is 9.47 Å². The first-order chi connectivity index (χ1) is 12.6. The van der Waals surface area contributed by atoms with E-state index in [1.807, 2.05) is 20.8 Å². The molecule has 2 aromatic rings. The minimum Gasteiger partial charge on any atom is -0.451 e. The molecule has 1 unspecified atom stereocenters. The van der Waals surface area contributed by atoms with Crippen LogP contribution in [0.15, 0.2) is 18.2 Å². The van der Waals surface area contributed by atoms with E-state index < -0.39 is 24.1 Å². The number of nitrogens with one attached hydrogen (secondary N) is 2. The molecule has 144 valence electrons. The second kappa shape index (κ2) is 6.98. The van der Waals surface area contributed by atoms with Crippen LogP contribution in [-0.2, 0) is 0 Å². The van der Waals surface area contributed by atoms with Gasteiger partial charge in [-0.3, -0.25) is 4.79 Å². The Morgan fingerprint density at radius 3 is 2.44 bits per heavy atom. The van der Waals surface area contributed by atoms with Gasteiger partial charge in [-0.25, -0.2) is 4.98 Å². The summed E-state index contributed by atoms with van der Waals surface area (Å²) in [6, 6.07) is 3.52. The number of hydrogen-bond acceptors (Lipinski definition) is 6. The number of nitrogens with zero attached hydrogens (tertiary/aromatic N) is 2. The first-order valence-electron chi connectivity index (χ1n) is 8.37. The number of fused-ring (bicyclic) bond motifs is 1. The van der Waals surface area contributed by atoms with E-state index in [9.17, 15) is 13.6 Å². The average Bonchev–Trinajstić information content (AvgIpc) is 2.90. The van der Waals surface area contributed by atoms with Crippen molar-refractivity contribution in [1.29, 1.82) is 0 Å². The molecule has 0 radical (unpaired) electrons. The predicted molar refractivity (Wildman–Crippen MR) is 94.2 cm³/mol. The minimum atomic E-state index is -0.977. The maximum Gasteiger partial charge on any atom is 0.274 e. The molecule has 3 rings (SSSR count). The van der Waals surface area contributed by atoms with Crippen molar-refractivity contribution < 1.29 is 23.0 Å². The van der Waals surface area contributed by atoms with Crippen LogP contribution in [0.2, 0.25) is 0 Å². The van der Waals surface area contributed by atoms with Gasteiger partial charge in [0.25, 0.3) is 5.91 Å². The normalized spacial score (nSPS) is 15.6. The molecule has 2 aromatic heterocycles. The average molecular weight is 378 g/mol. The van der Waals surface area contributed by atoms with Gasteiger partial charge in [-0.15, -0.1) is 0 Å². The van der Waals surface area contributed by atoms with Gasteiger partial charge in [0, 0.05) is 37.4 Å². The van der Waals surface area contributed by atoms with Crippen molar-refractivity contribution in [2.75, 3.05) is 11.9 Å². The van der Waals surface area contributed by atoms with E-state index in [0.29, 0.717) is 12.3 Å². The summed E-state index contributed by atoms with van der Waals surface area (Å²) < 4.78 is 37.7. The largest absolute Gasteiger partial charge is 0.451 e. The van der Waals surface area contributed by atoms with Gasteiger partial charge in [-0.1, -0.05) is 20.8 Å². The number of amides is 1. The lowest BCUT2D eigenvalue weighted by molar-refractivity contribution is 0.0666. The summed E-state index contributed by atoms with van der Waals surface area (Å²) in [5.41, 5.74) is 0.00452. The number of rotatable bonds is 4. The Hall–Kier alpha value is -2.97. The Morgan fingerprint density at radius 2 is 1.81 bits per heavy atom. The number of anilines is 2. The van der Waals surface area contributed by atoms with E-state index in [2.05, 4.69) is 20.6 Å². The van der Waals surface area contributed by atoms with Gasteiger partial charge in [0.2, 0.25) is 18.2 Å². The van der Waals surface area contributed by atoms with Crippen LogP contribution < -0.4 is 20.1 Å². The summed E-state index contributed by atoms with van der Waals surface area (Å²) in [7, 11) is 0. The molecule has 0 saturated carbocycles. The molecule has 1 atom stereocenters. The third-order valence-electron chi connectivity index (χ3n) is 3.55. The number of aromatic nitrogens is 2. The van der Waals surface area contributed by atoms with Crippen LogP contribution in [0.25, 0.3) is 0 Å². The summed E-state index contributed by atoms with van der Waals surface area (Å²) in [5, 5.41) is 5.55. The van der Waals surface area contributed by atoms with Crippen LogP contribution in [0.3, 0.4) is 0 Å². The van der Waals surface area contributed by atoms with E-state index in [1.54, 1.807) is 6.92 Å². The lowest BCUT2D eigenvalue weighted by Crippen LogP contribution is -2.33. The quantitative estimate of drug-likeness (QED) is 0.794. The number of carbonyl (C=O) groups is 1. The monoisotopic (exact) mass is 378 g/mol. The zero-order valence-corrected chi connectivity index (χ0v) is 15.4. The van der Waals surface area contributed by atoms with E-state index in [0.717, 1.165) is 12.1 Å². The molecule has 7 nitrogen and oxygen atoms in total. The zero-order valence-electron chi connectivity index (χ0n) is 15.4. The minimum absolute atomic E-state index is 0.0265. The standard InChI is InChI=1S/C18H20F2N4O3/c1-9-26-11-7-14(22-10-5-12(19)23-13(20)6-10)24-15(16(11)27-9)17(25)21-8-18(2,3)4/h5-7,9H,8H2,1-4H3,(H,21,25)(H,22,23,24). The lowest BCUT2D eigenvalue weighted by atomic mass is 9.97. The molecule has 0 aliphatic carbocycles. The molecular formula is C18H20F2N4O3. The number of carbonyl (C=O) groups excluding carboxylic acids is 1. The Morgan fingerprint density at radius 1 is 1.15 bits per heavy atom. The molecule has 2 N–H and O–H groups in total. The second-order valence-corrected chi connectivity index (χ2v) is 7.36. The third kappa shape index (κ3) is 4.60. The van der Waals surface area contributed by atoms with Gasteiger partial charge in [0.15, 0.2) is 17.2 Å². The smallest absolute Gasteiger partial charge is 0.274 e. The molecule has 0 bridgehead atoms. The summed E-state index contributed by atoms with van der Waals surface area (Å²) >= 11 is 0. The lowest BCUT2D eigenvalue weighted by Gasteiger charge is -2.19. The van der Waals surface area contributed by atoms with Crippen LogP contribution >= 0.6 is 0 Å². The fraction of sp³-hybridized carbons (Fsp3) is 0.389. The van der Waals surface area contributed by atoms with Crippen LogP contribution in [0.1, 0.15) is 38.2 Å². The van der Waals surface area contributed by atoms with Gasteiger partial charge >= 0.3 is 0 Å². The molecule has 0 saturated heterocycles. The zero-order chi connectivity index (χ0) is 19.8. The topological polar surface area (TPSA) is 85.4 Å². The van der Waals surface area contributed by atoms with E-state index in [1.165, 1.54) is 6.07 Å². The Kier molecular flexibility index (Phi) is 4.86. The molecule has 1 amide bonds. The van der Waals surface area contributed by atoms with E-state index in [-0.39, 0.29) is 28.4 Å². The van der Waals surface area contributed by atoms with E-state index >= 15 is 0 Å². The second-order valence-electron chi connectivity index (χ2n) is 7.36. The van der Waals surface area contributed by atoms with Crippen molar-refractivity contribution in [3.05, 3.63) is 35.8 Å². The fourth-order valence-corrected chi connectivity index (χ4v) is 2.41. The molecular weight excluding hydrogens is 358 g/mol. The first-order valence-corrected chi connectivity index (χ1v) is 8.37. The van der Waals surface area contributed by atoms with Crippen molar-refractivity contribution in [3.63, 3.8) is 0 Å². The van der Waals surface area contributed by atoms with Gasteiger partial charge in [-0.2, -0.15) is 13.8 Å². The molecule has 0 aromatic carbocycles. The summed E-state index contributed by atoms with van der Waals surface area (Å²) in [5.74, 6) is -1.67. The number of halogens is 2. The predicted octanol–water partition coefficient (Wildman–Crippen LogP) is 3.39. The van der Waals surface area contributed by atoms with Crippen LogP contribution in [0.4, 0.5) is 20.3 Å².